The number of aryl methyl sites for hydroxylation is 2. The zero-order valence-electron chi connectivity index (χ0n) is 19.2. The van der Waals surface area contributed by atoms with Gasteiger partial charge in [0, 0.05) is 37.3 Å². The Bertz CT molecular complexity index is 1100. The van der Waals surface area contributed by atoms with Gasteiger partial charge in [0.25, 0.3) is 5.91 Å². The molecule has 0 aliphatic heterocycles. The number of furan rings is 1. The number of carbonyl (C=O) groups excluding carboxylic acids is 2. The molecule has 3 rings (SSSR count). The normalized spacial score (nSPS) is 11.2. The molecule has 2 heterocycles. The van der Waals surface area contributed by atoms with Crippen molar-refractivity contribution in [2.24, 2.45) is 0 Å². The predicted octanol–water partition coefficient (Wildman–Crippen LogP) is 4.84. The van der Waals surface area contributed by atoms with Crippen molar-refractivity contribution in [2.75, 3.05) is 7.05 Å². The van der Waals surface area contributed by atoms with Gasteiger partial charge in [0.1, 0.15) is 10.9 Å². The number of hydrogen-bond acceptors (Lipinski definition) is 4. The third-order valence-electron chi connectivity index (χ3n) is 5.28. The number of aromatic nitrogens is 2. The SMILES string of the molecule is CCCCn1nc(C)c(/C=C/C(=O)N(Cc2ccc(C(=O)NC)cc2)Cc2ccco2)c1Cl. The number of amides is 2. The molecule has 0 spiro atoms. The van der Waals surface area contributed by atoms with Gasteiger partial charge in [-0.2, -0.15) is 5.10 Å². The third kappa shape index (κ3) is 6.35. The molecule has 0 saturated heterocycles. The molecule has 3 aromatic rings. The monoisotopic (exact) mass is 468 g/mol. The lowest BCUT2D eigenvalue weighted by Crippen LogP contribution is -2.28. The van der Waals surface area contributed by atoms with Crippen molar-refractivity contribution >= 4 is 29.5 Å². The molecule has 1 N–H and O–H groups in total. The Morgan fingerprint density at radius 1 is 1.21 bits per heavy atom. The molecule has 0 saturated carbocycles. The van der Waals surface area contributed by atoms with Crippen LogP contribution >= 0.6 is 11.6 Å². The molecule has 0 radical (unpaired) electrons. The second kappa shape index (κ2) is 11.5. The zero-order chi connectivity index (χ0) is 23.8. The number of hydrogen-bond donors (Lipinski definition) is 1. The summed E-state index contributed by atoms with van der Waals surface area (Å²) in [5, 5.41) is 7.63. The molecule has 174 valence electrons. The van der Waals surface area contributed by atoms with Crippen molar-refractivity contribution in [1.82, 2.24) is 20.0 Å². The molecule has 2 amide bonds. The molecule has 1 aromatic carbocycles. The molecule has 0 fully saturated rings. The Morgan fingerprint density at radius 2 is 1.97 bits per heavy atom. The van der Waals surface area contributed by atoms with Crippen LogP contribution in [0.25, 0.3) is 6.08 Å². The maximum Gasteiger partial charge on any atom is 0.251 e. The van der Waals surface area contributed by atoms with Crippen LogP contribution in [0, 0.1) is 6.92 Å². The van der Waals surface area contributed by atoms with E-state index in [1.54, 1.807) is 47.2 Å². The fourth-order valence-electron chi connectivity index (χ4n) is 3.40. The van der Waals surface area contributed by atoms with E-state index in [9.17, 15) is 9.59 Å². The molecule has 0 atom stereocenters. The van der Waals surface area contributed by atoms with Gasteiger partial charge in [-0.1, -0.05) is 37.1 Å². The first-order valence-corrected chi connectivity index (χ1v) is 11.3. The van der Waals surface area contributed by atoms with Crippen LogP contribution in [-0.4, -0.2) is 33.5 Å². The summed E-state index contributed by atoms with van der Waals surface area (Å²) in [6.07, 6.45) is 6.85. The zero-order valence-corrected chi connectivity index (χ0v) is 19.9. The molecular formula is C25H29ClN4O3. The van der Waals surface area contributed by atoms with E-state index in [2.05, 4.69) is 17.3 Å². The van der Waals surface area contributed by atoms with E-state index >= 15 is 0 Å². The topological polar surface area (TPSA) is 80.4 Å². The predicted molar refractivity (Wildman–Crippen MR) is 129 cm³/mol. The summed E-state index contributed by atoms with van der Waals surface area (Å²) < 4.78 is 7.23. The molecule has 0 aliphatic rings. The highest BCUT2D eigenvalue weighted by molar-refractivity contribution is 6.31. The molecule has 0 aliphatic carbocycles. The molecule has 7 nitrogen and oxygen atoms in total. The number of unbranched alkanes of at least 4 members (excludes halogenated alkanes) is 1. The van der Waals surface area contributed by atoms with Crippen LogP contribution in [-0.2, 0) is 24.4 Å². The summed E-state index contributed by atoms with van der Waals surface area (Å²) in [4.78, 5) is 26.6. The van der Waals surface area contributed by atoms with Crippen molar-refractivity contribution in [3.63, 3.8) is 0 Å². The number of nitrogens with one attached hydrogen (secondary N) is 1. The number of carbonyl (C=O) groups is 2. The number of nitrogens with zero attached hydrogens (tertiary/aromatic N) is 3. The van der Waals surface area contributed by atoms with E-state index in [0.717, 1.165) is 36.2 Å². The highest BCUT2D eigenvalue weighted by atomic mass is 35.5. The highest BCUT2D eigenvalue weighted by Crippen LogP contribution is 2.22. The second-order valence-electron chi connectivity index (χ2n) is 7.75. The highest BCUT2D eigenvalue weighted by Gasteiger charge is 2.16. The number of halogens is 1. The Balaban J connectivity index is 1.78. The Morgan fingerprint density at radius 3 is 2.61 bits per heavy atom. The quantitative estimate of drug-likeness (QED) is 0.432. The van der Waals surface area contributed by atoms with Gasteiger partial charge in [0.05, 0.1) is 18.5 Å². The minimum absolute atomic E-state index is 0.153. The maximum absolute atomic E-state index is 13.1. The average molecular weight is 469 g/mol. The van der Waals surface area contributed by atoms with Gasteiger partial charge < -0.3 is 14.6 Å². The first-order chi connectivity index (χ1) is 15.9. The summed E-state index contributed by atoms with van der Waals surface area (Å²) in [6.45, 7) is 5.42. The summed E-state index contributed by atoms with van der Waals surface area (Å²) in [7, 11) is 1.59. The molecule has 2 aromatic heterocycles. The van der Waals surface area contributed by atoms with E-state index in [1.807, 2.05) is 25.1 Å². The van der Waals surface area contributed by atoms with Gasteiger partial charge >= 0.3 is 0 Å². The fourth-order valence-corrected chi connectivity index (χ4v) is 3.72. The van der Waals surface area contributed by atoms with Crippen LogP contribution in [0.4, 0.5) is 0 Å². The first-order valence-electron chi connectivity index (χ1n) is 11.0. The van der Waals surface area contributed by atoms with Crippen molar-refractivity contribution < 1.29 is 14.0 Å². The molecule has 33 heavy (non-hydrogen) atoms. The van der Waals surface area contributed by atoms with Crippen LogP contribution in [0.1, 0.15) is 52.7 Å². The lowest BCUT2D eigenvalue weighted by atomic mass is 10.1. The summed E-state index contributed by atoms with van der Waals surface area (Å²) >= 11 is 6.50. The van der Waals surface area contributed by atoms with Crippen molar-refractivity contribution in [2.45, 2.75) is 46.3 Å². The number of benzene rings is 1. The summed E-state index contributed by atoms with van der Waals surface area (Å²) in [6, 6.07) is 10.8. The van der Waals surface area contributed by atoms with Crippen LogP contribution in [0.2, 0.25) is 5.15 Å². The Kier molecular flexibility index (Phi) is 8.49. The van der Waals surface area contributed by atoms with Crippen LogP contribution in [0.5, 0.6) is 0 Å². The summed E-state index contributed by atoms with van der Waals surface area (Å²) in [5.74, 6) is 0.346. The second-order valence-corrected chi connectivity index (χ2v) is 8.11. The van der Waals surface area contributed by atoms with Gasteiger partial charge in [0.15, 0.2) is 0 Å². The lowest BCUT2D eigenvalue weighted by molar-refractivity contribution is -0.127. The lowest BCUT2D eigenvalue weighted by Gasteiger charge is -2.20. The average Bonchev–Trinajstić information content (AvgIpc) is 3.43. The van der Waals surface area contributed by atoms with Gasteiger partial charge in [-0.3, -0.25) is 14.3 Å². The van der Waals surface area contributed by atoms with Crippen molar-refractivity contribution in [1.29, 1.82) is 0 Å². The third-order valence-corrected chi connectivity index (χ3v) is 5.68. The van der Waals surface area contributed by atoms with Crippen LogP contribution < -0.4 is 5.32 Å². The number of rotatable bonds is 10. The van der Waals surface area contributed by atoms with E-state index < -0.39 is 0 Å². The van der Waals surface area contributed by atoms with Crippen LogP contribution in [0.3, 0.4) is 0 Å². The van der Waals surface area contributed by atoms with Gasteiger partial charge in [0.2, 0.25) is 5.91 Å². The minimum Gasteiger partial charge on any atom is -0.467 e. The van der Waals surface area contributed by atoms with E-state index in [1.165, 1.54) is 6.08 Å². The van der Waals surface area contributed by atoms with Crippen molar-refractivity contribution in [3.8, 4) is 0 Å². The molecule has 8 heteroatoms. The first kappa shape index (κ1) is 24.3. The standard InChI is InChI=1S/C25H29ClN4O3/c1-4-5-14-30-24(26)22(18(2)28-30)12-13-23(31)29(17-21-7-6-15-33-21)16-19-8-10-20(11-9-19)25(32)27-3/h6-13,15H,4-5,14,16-17H2,1-3H3,(H,27,32)/b13-12+. The fraction of sp³-hybridized carbons (Fsp3) is 0.320. The van der Waals surface area contributed by atoms with Gasteiger partial charge in [-0.05, 0) is 49.2 Å². The van der Waals surface area contributed by atoms with Gasteiger partial charge in [-0.15, -0.1) is 0 Å². The summed E-state index contributed by atoms with van der Waals surface area (Å²) in [5.41, 5.74) is 2.99. The van der Waals surface area contributed by atoms with Gasteiger partial charge in [-0.25, -0.2) is 0 Å². The Hall–Kier alpha value is -3.32. The molecule has 0 bridgehead atoms. The smallest absolute Gasteiger partial charge is 0.251 e. The maximum atomic E-state index is 13.1. The molecule has 0 unspecified atom stereocenters. The minimum atomic E-state index is -0.182. The van der Waals surface area contributed by atoms with Crippen LogP contribution in [0.15, 0.2) is 53.2 Å². The van der Waals surface area contributed by atoms with Crippen molar-refractivity contribution in [3.05, 3.63) is 82.0 Å². The Labute approximate surface area is 199 Å². The molecular weight excluding hydrogens is 440 g/mol. The largest absolute Gasteiger partial charge is 0.467 e. The van der Waals surface area contributed by atoms with E-state index in [-0.39, 0.29) is 11.8 Å². The van der Waals surface area contributed by atoms with E-state index in [0.29, 0.717) is 29.6 Å². The van der Waals surface area contributed by atoms with E-state index in [4.69, 9.17) is 16.0 Å².